The highest BCUT2D eigenvalue weighted by atomic mass is 16.5. The van der Waals surface area contributed by atoms with Crippen LogP contribution in [0.1, 0.15) is 22.3 Å². The molecule has 1 heterocycles. The van der Waals surface area contributed by atoms with E-state index in [4.69, 9.17) is 4.74 Å². The lowest BCUT2D eigenvalue weighted by atomic mass is 9.80. The predicted molar refractivity (Wildman–Crippen MR) is 81.7 cm³/mol. The molecule has 1 aliphatic rings. The molecule has 0 fully saturated rings. The van der Waals surface area contributed by atoms with Crippen molar-refractivity contribution in [2.75, 3.05) is 0 Å². The maximum Gasteiger partial charge on any atom is 0.145 e. The molecule has 0 bridgehead atoms. The minimum absolute atomic E-state index is 0.538. The van der Waals surface area contributed by atoms with Gasteiger partial charge in [0.25, 0.3) is 0 Å². The Morgan fingerprint density at radius 2 is 1.43 bits per heavy atom. The topological polar surface area (TPSA) is 9.23 Å². The molecule has 0 aliphatic carbocycles. The molecule has 0 amide bonds. The van der Waals surface area contributed by atoms with E-state index < -0.39 is 5.60 Å². The minimum atomic E-state index is -0.538. The third-order valence-corrected chi connectivity index (χ3v) is 4.05. The zero-order valence-corrected chi connectivity index (χ0v) is 11.5. The summed E-state index contributed by atoms with van der Waals surface area (Å²) < 4.78 is 6.33. The molecule has 0 unspecified atom stereocenters. The van der Waals surface area contributed by atoms with E-state index in [-0.39, 0.29) is 0 Å². The molecule has 0 N–H and O–H groups in total. The maximum atomic E-state index is 6.33. The first-order chi connectivity index (χ1) is 10.4. The lowest BCUT2D eigenvalue weighted by molar-refractivity contribution is 0.0267. The molecule has 4 rings (SSSR count). The molecule has 0 radical (unpaired) electrons. The first-order valence-electron chi connectivity index (χ1n) is 7.08. The van der Waals surface area contributed by atoms with Gasteiger partial charge in [0.1, 0.15) is 5.60 Å². The molecule has 3 aromatic rings. The summed E-state index contributed by atoms with van der Waals surface area (Å²) in [4.78, 5) is 0. The smallest absolute Gasteiger partial charge is 0.145 e. The van der Waals surface area contributed by atoms with E-state index >= 15 is 0 Å². The molecule has 0 saturated heterocycles. The summed E-state index contributed by atoms with van der Waals surface area (Å²) in [7, 11) is 0. The van der Waals surface area contributed by atoms with Gasteiger partial charge in [0.05, 0.1) is 6.61 Å². The van der Waals surface area contributed by atoms with Crippen LogP contribution < -0.4 is 0 Å². The van der Waals surface area contributed by atoms with Crippen molar-refractivity contribution >= 4 is 0 Å². The van der Waals surface area contributed by atoms with Crippen LogP contribution in [0.3, 0.4) is 0 Å². The Kier molecular flexibility index (Phi) is 2.77. The quantitative estimate of drug-likeness (QED) is 0.681. The first-order valence-corrected chi connectivity index (χ1v) is 7.08. The van der Waals surface area contributed by atoms with Crippen molar-refractivity contribution in [2.45, 2.75) is 12.2 Å². The SMILES string of the molecule is c1ccc2c(c#1)COC2(c1ccccc1)c1ccccc1. The van der Waals surface area contributed by atoms with Crippen LogP contribution in [-0.4, -0.2) is 0 Å². The van der Waals surface area contributed by atoms with Gasteiger partial charge in [-0.05, 0) is 23.3 Å². The summed E-state index contributed by atoms with van der Waals surface area (Å²) in [5.41, 5.74) is 4.01. The van der Waals surface area contributed by atoms with Crippen molar-refractivity contribution < 1.29 is 4.74 Å². The van der Waals surface area contributed by atoms with Gasteiger partial charge in [0.15, 0.2) is 0 Å². The highest BCUT2D eigenvalue weighted by molar-refractivity contribution is 5.51. The summed E-state index contributed by atoms with van der Waals surface area (Å²) in [6.07, 6.45) is 0. The van der Waals surface area contributed by atoms with Crippen molar-refractivity contribution in [1.82, 2.24) is 0 Å². The number of rotatable bonds is 2. The zero-order valence-electron chi connectivity index (χ0n) is 11.5. The molecule has 0 saturated carbocycles. The molecule has 1 heteroatoms. The highest BCUT2D eigenvalue weighted by Crippen LogP contribution is 2.46. The summed E-state index contributed by atoms with van der Waals surface area (Å²) in [5.74, 6) is 0. The lowest BCUT2D eigenvalue weighted by Gasteiger charge is -2.30. The average Bonchev–Trinajstić information content (AvgIpc) is 2.97. The molecule has 0 atom stereocenters. The van der Waals surface area contributed by atoms with Crippen molar-refractivity contribution in [3.05, 3.63) is 107 Å². The van der Waals surface area contributed by atoms with Crippen LogP contribution in [0.5, 0.6) is 0 Å². The van der Waals surface area contributed by atoms with Gasteiger partial charge in [-0.25, -0.2) is 0 Å². The van der Waals surface area contributed by atoms with Crippen molar-refractivity contribution in [2.24, 2.45) is 0 Å². The first kappa shape index (κ1) is 12.2. The second-order valence-electron chi connectivity index (χ2n) is 5.20. The second kappa shape index (κ2) is 4.77. The highest BCUT2D eigenvalue weighted by Gasteiger charge is 2.43. The zero-order chi connectivity index (χ0) is 14.1. The summed E-state index contributed by atoms with van der Waals surface area (Å²) >= 11 is 0. The van der Waals surface area contributed by atoms with E-state index in [0.29, 0.717) is 6.61 Å². The Hall–Kier alpha value is -2.56. The molecule has 21 heavy (non-hydrogen) atoms. The van der Waals surface area contributed by atoms with Gasteiger partial charge in [-0.3, -0.25) is 0 Å². The van der Waals surface area contributed by atoms with Crippen LogP contribution in [0.4, 0.5) is 0 Å². The van der Waals surface area contributed by atoms with Gasteiger partial charge in [0, 0.05) is 11.1 Å². The Morgan fingerprint density at radius 3 is 2.05 bits per heavy atom. The van der Waals surface area contributed by atoms with E-state index in [9.17, 15) is 0 Å². The molecular formula is C20H14O. The van der Waals surface area contributed by atoms with Crippen LogP contribution >= 0.6 is 0 Å². The normalized spacial score (nSPS) is 15.2. The van der Waals surface area contributed by atoms with E-state index in [1.165, 1.54) is 5.56 Å². The third-order valence-electron chi connectivity index (χ3n) is 4.05. The number of hydrogen-bond acceptors (Lipinski definition) is 1. The van der Waals surface area contributed by atoms with E-state index in [0.717, 1.165) is 16.7 Å². The molecule has 1 nitrogen and oxygen atoms in total. The Labute approximate surface area is 124 Å². The number of fused-ring (bicyclic) bond motifs is 1. The molecule has 3 aromatic carbocycles. The maximum absolute atomic E-state index is 6.33. The van der Waals surface area contributed by atoms with Crippen LogP contribution in [-0.2, 0) is 16.9 Å². The number of ether oxygens (including phenoxy) is 1. The van der Waals surface area contributed by atoms with Gasteiger partial charge in [0.2, 0.25) is 0 Å². The van der Waals surface area contributed by atoms with Crippen LogP contribution in [0, 0.1) is 12.1 Å². The standard InChI is InChI=1S/C20H14O/c1-3-10-17(11-4-1)20(18-12-5-2-6-13-18)19-14-8-7-9-16(19)15-21-20/h1-6,8,10-14H,15H2. The summed E-state index contributed by atoms with van der Waals surface area (Å²) in [6, 6.07) is 31.0. The Balaban J connectivity index is 2.02. The monoisotopic (exact) mass is 270 g/mol. The largest absolute Gasteiger partial charge is 0.355 e. The Morgan fingerprint density at radius 1 is 0.810 bits per heavy atom. The number of benzene rings is 2. The van der Waals surface area contributed by atoms with Crippen molar-refractivity contribution in [1.29, 1.82) is 0 Å². The van der Waals surface area contributed by atoms with E-state index in [2.05, 4.69) is 66.7 Å². The van der Waals surface area contributed by atoms with Gasteiger partial charge in [-0.15, -0.1) is 0 Å². The van der Waals surface area contributed by atoms with Crippen LogP contribution in [0.25, 0.3) is 0 Å². The molecule has 0 aromatic heterocycles. The average molecular weight is 270 g/mol. The second-order valence-corrected chi connectivity index (χ2v) is 5.20. The van der Waals surface area contributed by atoms with Gasteiger partial charge < -0.3 is 4.74 Å². The fourth-order valence-electron chi connectivity index (χ4n) is 3.11. The molecular weight excluding hydrogens is 256 g/mol. The Bertz CT molecular complexity index is 708. The van der Waals surface area contributed by atoms with Crippen LogP contribution in [0.2, 0.25) is 0 Å². The van der Waals surface area contributed by atoms with Crippen LogP contribution in [0.15, 0.2) is 72.8 Å². The summed E-state index contributed by atoms with van der Waals surface area (Å²) in [6.45, 7) is 0.566. The van der Waals surface area contributed by atoms with Crippen molar-refractivity contribution in [3.8, 4) is 0 Å². The van der Waals surface area contributed by atoms with Gasteiger partial charge in [-0.1, -0.05) is 72.8 Å². The predicted octanol–water partition coefficient (Wildman–Crippen LogP) is 4.11. The lowest BCUT2D eigenvalue weighted by Crippen LogP contribution is -2.28. The van der Waals surface area contributed by atoms with Crippen molar-refractivity contribution in [3.63, 3.8) is 0 Å². The molecule has 0 spiro atoms. The molecule has 100 valence electrons. The molecule has 1 aliphatic heterocycles. The fourth-order valence-corrected chi connectivity index (χ4v) is 3.11. The third kappa shape index (κ3) is 1.77. The van der Waals surface area contributed by atoms with Gasteiger partial charge >= 0.3 is 0 Å². The number of hydrogen-bond donors (Lipinski definition) is 0. The van der Waals surface area contributed by atoms with E-state index in [1.54, 1.807) is 0 Å². The fraction of sp³-hybridized carbons (Fsp3) is 0.100. The summed E-state index contributed by atoms with van der Waals surface area (Å²) in [5, 5.41) is 0. The van der Waals surface area contributed by atoms with E-state index in [1.807, 2.05) is 18.2 Å². The van der Waals surface area contributed by atoms with Gasteiger partial charge in [-0.2, -0.15) is 0 Å². The minimum Gasteiger partial charge on any atom is -0.355 e.